The molecule has 0 aromatic heterocycles. The van der Waals surface area contributed by atoms with Crippen LogP contribution in [-0.4, -0.2) is 26.4 Å². The van der Waals surface area contributed by atoms with E-state index in [4.69, 9.17) is 14.2 Å². The van der Waals surface area contributed by atoms with Crippen molar-refractivity contribution in [2.24, 2.45) is 5.92 Å². The first-order valence-corrected chi connectivity index (χ1v) is 6.62. The minimum atomic E-state index is -0.471. The molecule has 2 atom stereocenters. The van der Waals surface area contributed by atoms with Crippen LogP contribution in [0.15, 0.2) is 6.07 Å². The summed E-state index contributed by atoms with van der Waals surface area (Å²) < 4.78 is 16.2. The Balaban J connectivity index is 2.61. The standard InChI is InChI=1S/C15H22O4/c1-9-5-6-10-11(12(16)7-9)8-13(17-2)15(19-4)14(10)18-3/h8-9,12,16H,5-7H2,1-4H3. The third-order valence-corrected chi connectivity index (χ3v) is 3.84. The van der Waals surface area contributed by atoms with E-state index in [1.165, 1.54) is 0 Å². The van der Waals surface area contributed by atoms with Gasteiger partial charge in [-0.05, 0) is 36.8 Å². The van der Waals surface area contributed by atoms with Gasteiger partial charge in [0.05, 0.1) is 27.4 Å². The number of rotatable bonds is 3. The van der Waals surface area contributed by atoms with E-state index in [9.17, 15) is 5.11 Å². The Morgan fingerprint density at radius 3 is 2.37 bits per heavy atom. The average Bonchev–Trinajstić information content (AvgIpc) is 2.55. The van der Waals surface area contributed by atoms with Crippen LogP contribution in [0.5, 0.6) is 17.2 Å². The molecule has 1 aliphatic carbocycles. The highest BCUT2D eigenvalue weighted by molar-refractivity contribution is 5.60. The maximum absolute atomic E-state index is 10.4. The van der Waals surface area contributed by atoms with E-state index in [1.54, 1.807) is 21.3 Å². The molecule has 0 heterocycles. The SMILES string of the molecule is COc1cc2c(c(OC)c1OC)CCC(C)CC2O. The average molecular weight is 266 g/mol. The molecule has 19 heavy (non-hydrogen) atoms. The van der Waals surface area contributed by atoms with E-state index in [2.05, 4.69) is 6.92 Å². The molecule has 4 nitrogen and oxygen atoms in total. The molecule has 0 bridgehead atoms. The maximum atomic E-state index is 10.4. The molecule has 2 unspecified atom stereocenters. The second-order valence-electron chi connectivity index (χ2n) is 5.11. The fourth-order valence-electron chi connectivity index (χ4n) is 2.81. The molecule has 1 aromatic rings. The van der Waals surface area contributed by atoms with E-state index in [0.29, 0.717) is 23.2 Å². The van der Waals surface area contributed by atoms with Crippen LogP contribution < -0.4 is 14.2 Å². The van der Waals surface area contributed by atoms with Crippen molar-refractivity contribution >= 4 is 0 Å². The topological polar surface area (TPSA) is 47.9 Å². The molecule has 0 spiro atoms. The fraction of sp³-hybridized carbons (Fsp3) is 0.600. The van der Waals surface area contributed by atoms with E-state index in [1.807, 2.05) is 6.07 Å². The van der Waals surface area contributed by atoms with Crippen molar-refractivity contribution in [1.82, 2.24) is 0 Å². The lowest BCUT2D eigenvalue weighted by Crippen LogP contribution is -2.05. The number of fused-ring (bicyclic) bond motifs is 1. The van der Waals surface area contributed by atoms with Crippen molar-refractivity contribution in [1.29, 1.82) is 0 Å². The van der Waals surface area contributed by atoms with Crippen LogP contribution in [0.2, 0.25) is 0 Å². The Bertz CT molecular complexity index is 456. The molecule has 1 aromatic carbocycles. The first kappa shape index (κ1) is 14.0. The van der Waals surface area contributed by atoms with Crippen LogP contribution in [-0.2, 0) is 6.42 Å². The zero-order valence-electron chi connectivity index (χ0n) is 12.0. The van der Waals surface area contributed by atoms with Crippen LogP contribution in [0.25, 0.3) is 0 Å². The van der Waals surface area contributed by atoms with Gasteiger partial charge in [-0.3, -0.25) is 0 Å². The van der Waals surface area contributed by atoms with Gasteiger partial charge in [-0.15, -0.1) is 0 Å². The Hall–Kier alpha value is -1.42. The monoisotopic (exact) mass is 266 g/mol. The quantitative estimate of drug-likeness (QED) is 0.855. The van der Waals surface area contributed by atoms with Gasteiger partial charge in [0.25, 0.3) is 0 Å². The fourth-order valence-corrected chi connectivity index (χ4v) is 2.81. The largest absolute Gasteiger partial charge is 0.493 e. The van der Waals surface area contributed by atoms with Crippen LogP contribution >= 0.6 is 0 Å². The minimum absolute atomic E-state index is 0.471. The molecule has 2 rings (SSSR count). The van der Waals surface area contributed by atoms with E-state index in [-0.39, 0.29) is 0 Å². The molecule has 0 amide bonds. The van der Waals surface area contributed by atoms with Crippen molar-refractivity contribution in [3.63, 3.8) is 0 Å². The van der Waals surface area contributed by atoms with Gasteiger partial charge in [-0.2, -0.15) is 0 Å². The molecule has 0 saturated heterocycles. The highest BCUT2D eigenvalue weighted by atomic mass is 16.5. The third kappa shape index (κ3) is 2.50. The van der Waals surface area contributed by atoms with Gasteiger partial charge in [0.2, 0.25) is 5.75 Å². The lowest BCUT2D eigenvalue weighted by Gasteiger charge is -2.20. The second kappa shape index (κ2) is 5.70. The van der Waals surface area contributed by atoms with Gasteiger partial charge >= 0.3 is 0 Å². The summed E-state index contributed by atoms with van der Waals surface area (Å²) in [5, 5.41) is 10.4. The summed E-state index contributed by atoms with van der Waals surface area (Å²) in [5.74, 6) is 2.38. The van der Waals surface area contributed by atoms with Crippen molar-refractivity contribution in [3.05, 3.63) is 17.2 Å². The third-order valence-electron chi connectivity index (χ3n) is 3.84. The van der Waals surface area contributed by atoms with E-state index >= 15 is 0 Å². The lowest BCUT2D eigenvalue weighted by atomic mass is 9.98. The molecule has 0 aliphatic heterocycles. The maximum Gasteiger partial charge on any atom is 0.203 e. The van der Waals surface area contributed by atoms with Gasteiger partial charge in [-0.25, -0.2) is 0 Å². The number of hydrogen-bond acceptors (Lipinski definition) is 4. The van der Waals surface area contributed by atoms with Crippen LogP contribution in [0.1, 0.15) is 37.0 Å². The zero-order chi connectivity index (χ0) is 14.0. The molecule has 4 heteroatoms. The number of aliphatic hydroxyl groups excluding tert-OH is 1. The normalized spacial score (nSPS) is 22.4. The van der Waals surface area contributed by atoms with Gasteiger partial charge in [0, 0.05) is 5.56 Å². The van der Waals surface area contributed by atoms with E-state index in [0.717, 1.165) is 30.4 Å². The highest BCUT2D eigenvalue weighted by Gasteiger charge is 2.27. The number of benzene rings is 1. The summed E-state index contributed by atoms with van der Waals surface area (Å²) >= 11 is 0. The number of hydrogen-bond donors (Lipinski definition) is 1. The second-order valence-corrected chi connectivity index (χ2v) is 5.11. The minimum Gasteiger partial charge on any atom is -0.493 e. The predicted octanol–water partition coefficient (Wildman–Crippen LogP) is 2.72. The van der Waals surface area contributed by atoms with Crippen LogP contribution in [0.4, 0.5) is 0 Å². The number of ether oxygens (including phenoxy) is 3. The lowest BCUT2D eigenvalue weighted by molar-refractivity contribution is 0.149. The smallest absolute Gasteiger partial charge is 0.203 e. The molecule has 1 N–H and O–H groups in total. The molecule has 1 aliphatic rings. The number of aliphatic hydroxyl groups is 1. The van der Waals surface area contributed by atoms with E-state index < -0.39 is 6.10 Å². The first-order chi connectivity index (χ1) is 9.12. The Labute approximate surface area is 114 Å². The Morgan fingerprint density at radius 1 is 1.11 bits per heavy atom. The molecular weight excluding hydrogens is 244 g/mol. The zero-order valence-corrected chi connectivity index (χ0v) is 12.0. The molecular formula is C15H22O4. The van der Waals surface area contributed by atoms with Crippen molar-refractivity contribution < 1.29 is 19.3 Å². The molecule has 0 saturated carbocycles. The Kier molecular flexibility index (Phi) is 4.20. The van der Waals surface area contributed by atoms with Gasteiger partial charge in [0.1, 0.15) is 0 Å². The molecule has 106 valence electrons. The highest BCUT2D eigenvalue weighted by Crippen LogP contribution is 2.46. The predicted molar refractivity (Wildman–Crippen MR) is 73.2 cm³/mol. The molecule has 0 fully saturated rings. The Morgan fingerprint density at radius 2 is 1.79 bits per heavy atom. The summed E-state index contributed by atoms with van der Waals surface area (Å²) in [5.41, 5.74) is 1.94. The summed E-state index contributed by atoms with van der Waals surface area (Å²) in [7, 11) is 4.82. The van der Waals surface area contributed by atoms with Crippen molar-refractivity contribution in [3.8, 4) is 17.2 Å². The van der Waals surface area contributed by atoms with Gasteiger partial charge < -0.3 is 19.3 Å². The summed E-state index contributed by atoms with van der Waals surface area (Å²) in [6, 6.07) is 1.87. The summed E-state index contributed by atoms with van der Waals surface area (Å²) in [6.45, 7) is 2.16. The van der Waals surface area contributed by atoms with Gasteiger partial charge in [-0.1, -0.05) is 6.92 Å². The van der Waals surface area contributed by atoms with Crippen molar-refractivity contribution in [2.45, 2.75) is 32.3 Å². The number of methoxy groups -OCH3 is 3. The first-order valence-electron chi connectivity index (χ1n) is 6.62. The van der Waals surface area contributed by atoms with Crippen LogP contribution in [0.3, 0.4) is 0 Å². The summed E-state index contributed by atoms with van der Waals surface area (Å²) in [6.07, 6.45) is 2.22. The van der Waals surface area contributed by atoms with Gasteiger partial charge in [0.15, 0.2) is 11.5 Å². The molecule has 0 radical (unpaired) electrons. The van der Waals surface area contributed by atoms with Crippen molar-refractivity contribution in [2.75, 3.05) is 21.3 Å². The summed E-state index contributed by atoms with van der Waals surface area (Å²) in [4.78, 5) is 0. The van der Waals surface area contributed by atoms with Crippen LogP contribution in [0, 0.1) is 5.92 Å².